The van der Waals surface area contributed by atoms with Crippen LogP contribution in [0.1, 0.15) is 37.5 Å². The fourth-order valence-corrected chi connectivity index (χ4v) is 1.99. The molecule has 114 valence electrons. The topological polar surface area (TPSA) is 51.0 Å². The summed E-state index contributed by atoms with van der Waals surface area (Å²) in [5.41, 5.74) is 0.487. The van der Waals surface area contributed by atoms with Crippen molar-refractivity contribution >= 4 is 0 Å². The second-order valence-corrected chi connectivity index (χ2v) is 5.27. The van der Waals surface area contributed by atoms with Crippen molar-refractivity contribution in [1.29, 1.82) is 0 Å². The van der Waals surface area contributed by atoms with Crippen molar-refractivity contribution < 1.29 is 13.3 Å². The Hall–Kier alpha value is -1.82. The van der Waals surface area contributed by atoms with Gasteiger partial charge in [0.25, 0.3) is 0 Å². The minimum Gasteiger partial charge on any atom is -0.339 e. The second kappa shape index (κ2) is 7.26. The zero-order valence-electron chi connectivity index (χ0n) is 12.2. The second-order valence-electron chi connectivity index (χ2n) is 5.27. The first-order valence-electron chi connectivity index (χ1n) is 7.03. The third-order valence-corrected chi connectivity index (χ3v) is 2.91. The highest BCUT2D eigenvalue weighted by Gasteiger charge is 2.09. The number of nitrogens with one attached hydrogen (secondary N) is 1. The van der Waals surface area contributed by atoms with E-state index in [2.05, 4.69) is 29.3 Å². The molecule has 0 bridgehead atoms. The third kappa shape index (κ3) is 5.23. The Morgan fingerprint density at radius 2 is 1.90 bits per heavy atom. The first-order chi connectivity index (χ1) is 10.0. The van der Waals surface area contributed by atoms with Crippen LogP contribution in [0.15, 0.2) is 22.7 Å². The highest BCUT2D eigenvalue weighted by molar-refractivity contribution is 5.21. The summed E-state index contributed by atoms with van der Waals surface area (Å²) in [4.78, 5) is 4.23. The molecule has 0 unspecified atom stereocenters. The monoisotopic (exact) mass is 295 g/mol. The molecule has 0 amide bonds. The summed E-state index contributed by atoms with van der Waals surface area (Å²) in [6.45, 7) is 5.05. The molecule has 0 saturated carbocycles. The fourth-order valence-electron chi connectivity index (χ4n) is 1.99. The molecule has 2 aromatic rings. The van der Waals surface area contributed by atoms with Crippen LogP contribution in [0.5, 0.6) is 0 Å². The van der Waals surface area contributed by atoms with Gasteiger partial charge in [-0.3, -0.25) is 0 Å². The third-order valence-electron chi connectivity index (χ3n) is 2.91. The standard InChI is InChI=1S/C15H19F2N3O/c1-10(2)18-5-3-4-15-19-14(20-21-15)8-11-6-12(16)9-13(17)7-11/h6-7,9-10,18H,3-5,8H2,1-2H3. The van der Waals surface area contributed by atoms with Crippen LogP contribution in [0.4, 0.5) is 8.78 Å². The SMILES string of the molecule is CC(C)NCCCc1nc(Cc2cc(F)cc(F)c2)no1. The van der Waals surface area contributed by atoms with Gasteiger partial charge in [0.1, 0.15) is 11.6 Å². The van der Waals surface area contributed by atoms with Crippen LogP contribution in [0, 0.1) is 11.6 Å². The van der Waals surface area contributed by atoms with E-state index in [0.717, 1.165) is 19.0 Å². The molecule has 0 radical (unpaired) electrons. The number of hydrogen-bond acceptors (Lipinski definition) is 4. The van der Waals surface area contributed by atoms with Crippen LogP contribution < -0.4 is 5.32 Å². The van der Waals surface area contributed by atoms with Crippen molar-refractivity contribution in [2.75, 3.05) is 6.54 Å². The molecule has 0 fully saturated rings. The van der Waals surface area contributed by atoms with Gasteiger partial charge in [-0.2, -0.15) is 4.98 Å². The molecular formula is C15H19F2N3O. The van der Waals surface area contributed by atoms with Crippen LogP contribution in [0.3, 0.4) is 0 Å². The van der Waals surface area contributed by atoms with E-state index in [1.54, 1.807) is 0 Å². The molecule has 1 heterocycles. The molecule has 6 heteroatoms. The van der Waals surface area contributed by atoms with Gasteiger partial charge in [-0.15, -0.1) is 0 Å². The quantitative estimate of drug-likeness (QED) is 0.798. The number of nitrogens with zero attached hydrogens (tertiary/aromatic N) is 2. The lowest BCUT2D eigenvalue weighted by atomic mass is 10.1. The van der Waals surface area contributed by atoms with E-state index in [0.29, 0.717) is 29.7 Å². The van der Waals surface area contributed by atoms with Crippen molar-refractivity contribution in [3.05, 3.63) is 47.1 Å². The van der Waals surface area contributed by atoms with E-state index in [-0.39, 0.29) is 6.42 Å². The molecule has 0 aliphatic heterocycles. The summed E-state index contributed by atoms with van der Waals surface area (Å²) in [5.74, 6) is -0.221. The number of rotatable bonds is 7. The molecule has 0 atom stereocenters. The summed E-state index contributed by atoms with van der Waals surface area (Å²) >= 11 is 0. The smallest absolute Gasteiger partial charge is 0.226 e. The lowest BCUT2D eigenvalue weighted by molar-refractivity contribution is 0.369. The van der Waals surface area contributed by atoms with Crippen LogP contribution >= 0.6 is 0 Å². The highest BCUT2D eigenvalue weighted by atomic mass is 19.1. The molecule has 1 aromatic heterocycles. The Labute approximate surface area is 122 Å². The zero-order chi connectivity index (χ0) is 15.2. The number of aromatic nitrogens is 2. The van der Waals surface area contributed by atoms with Crippen molar-refractivity contribution in [2.45, 2.75) is 39.2 Å². The van der Waals surface area contributed by atoms with E-state index in [1.807, 2.05) is 0 Å². The normalized spacial score (nSPS) is 11.3. The molecule has 1 aromatic carbocycles. The van der Waals surface area contributed by atoms with Gasteiger partial charge < -0.3 is 9.84 Å². The van der Waals surface area contributed by atoms with Crippen molar-refractivity contribution in [3.63, 3.8) is 0 Å². The van der Waals surface area contributed by atoms with Crippen molar-refractivity contribution in [3.8, 4) is 0 Å². The van der Waals surface area contributed by atoms with Crippen molar-refractivity contribution in [2.24, 2.45) is 0 Å². The van der Waals surface area contributed by atoms with Gasteiger partial charge in [0.15, 0.2) is 5.82 Å². The fraction of sp³-hybridized carbons (Fsp3) is 0.467. The van der Waals surface area contributed by atoms with E-state index in [1.165, 1.54) is 12.1 Å². The first-order valence-corrected chi connectivity index (χ1v) is 7.03. The van der Waals surface area contributed by atoms with Gasteiger partial charge in [-0.05, 0) is 30.7 Å². The van der Waals surface area contributed by atoms with Gasteiger partial charge >= 0.3 is 0 Å². The Kier molecular flexibility index (Phi) is 5.38. The average Bonchev–Trinajstić information content (AvgIpc) is 2.81. The summed E-state index contributed by atoms with van der Waals surface area (Å²) in [6, 6.07) is 3.83. The lowest BCUT2D eigenvalue weighted by Gasteiger charge is -2.05. The van der Waals surface area contributed by atoms with E-state index in [4.69, 9.17) is 4.52 Å². The Bertz CT molecular complexity index is 564. The van der Waals surface area contributed by atoms with Crippen LogP contribution in [0.25, 0.3) is 0 Å². The number of hydrogen-bond donors (Lipinski definition) is 1. The largest absolute Gasteiger partial charge is 0.339 e. The zero-order valence-corrected chi connectivity index (χ0v) is 12.2. The minimum absolute atomic E-state index is 0.252. The maximum Gasteiger partial charge on any atom is 0.226 e. The van der Waals surface area contributed by atoms with Gasteiger partial charge in [0.2, 0.25) is 5.89 Å². The van der Waals surface area contributed by atoms with E-state index in [9.17, 15) is 8.78 Å². The highest BCUT2D eigenvalue weighted by Crippen LogP contribution is 2.12. The van der Waals surface area contributed by atoms with Gasteiger partial charge in [-0.25, -0.2) is 8.78 Å². The summed E-state index contributed by atoms with van der Waals surface area (Å²) < 4.78 is 31.3. The van der Waals surface area contributed by atoms with Crippen molar-refractivity contribution in [1.82, 2.24) is 15.5 Å². The number of benzene rings is 1. The molecule has 0 aliphatic carbocycles. The predicted molar refractivity (Wildman–Crippen MR) is 74.9 cm³/mol. The predicted octanol–water partition coefficient (Wildman–Crippen LogP) is 2.87. The Morgan fingerprint density at radius 1 is 1.19 bits per heavy atom. The average molecular weight is 295 g/mol. The Balaban J connectivity index is 1.88. The first kappa shape index (κ1) is 15.6. The molecule has 2 rings (SSSR count). The van der Waals surface area contributed by atoms with Gasteiger partial charge in [-0.1, -0.05) is 19.0 Å². The lowest BCUT2D eigenvalue weighted by Crippen LogP contribution is -2.23. The molecule has 4 nitrogen and oxygen atoms in total. The Morgan fingerprint density at radius 3 is 2.57 bits per heavy atom. The van der Waals surface area contributed by atoms with Gasteiger partial charge in [0, 0.05) is 24.9 Å². The molecular weight excluding hydrogens is 276 g/mol. The van der Waals surface area contributed by atoms with E-state index < -0.39 is 11.6 Å². The molecule has 21 heavy (non-hydrogen) atoms. The minimum atomic E-state index is -0.603. The maximum absolute atomic E-state index is 13.1. The molecule has 0 saturated heterocycles. The van der Waals surface area contributed by atoms with Gasteiger partial charge in [0.05, 0.1) is 0 Å². The summed E-state index contributed by atoms with van der Waals surface area (Å²) in [7, 11) is 0. The molecule has 0 spiro atoms. The van der Waals surface area contributed by atoms with Crippen LogP contribution in [0.2, 0.25) is 0 Å². The van der Waals surface area contributed by atoms with E-state index >= 15 is 0 Å². The summed E-state index contributed by atoms with van der Waals surface area (Å²) in [5, 5.41) is 7.13. The summed E-state index contributed by atoms with van der Waals surface area (Å²) in [6.07, 6.45) is 1.83. The van der Waals surface area contributed by atoms with Crippen LogP contribution in [-0.2, 0) is 12.8 Å². The maximum atomic E-state index is 13.1. The molecule has 0 aliphatic rings. The number of aryl methyl sites for hydroxylation is 1. The molecule has 1 N–H and O–H groups in total. The van der Waals surface area contributed by atoms with Crippen LogP contribution in [-0.4, -0.2) is 22.7 Å². The number of halogens is 2.